The van der Waals surface area contributed by atoms with Crippen LogP contribution in [0.1, 0.15) is 16.2 Å². The molecule has 0 aliphatic heterocycles. The molecule has 2 aromatic heterocycles. The number of nitrogens with one attached hydrogen (secondary N) is 1. The Morgan fingerprint density at radius 2 is 2.35 bits per heavy atom. The lowest BCUT2D eigenvalue weighted by molar-refractivity contribution is 0.0949. The van der Waals surface area contributed by atoms with Gasteiger partial charge in [0.25, 0.3) is 5.91 Å². The van der Waals surface area contributed by atoms with E-state index in [0.717, 1.165) is 5.76 Å². The Morgan fingerprint density at radius 1 is 1.47 bits per heavy atom. The van der Waals surface area contributed by atoms with Crippen LogP contribution in [0.4, 0.5) is 0 Å². The number of carbonyl (C=O) groups excluding carboxylic acids is 1. The van der Waals surface area contributed by atoms with Crippen LogP contribution >= 0.6 is 11.6 Å². The summed E-state index contributed by atoms with van der Waals surface area (Å²) >= 11 is 5.77. The molecule has 5 heteroatoms. The minimum absolute atomic E-state index is 0.237. The predicted octanol–water partition coefficient (Wildman–Crippen LogP) is 2.30. The van der Waals surface area contributed by atoms with Crippen molar-refractivity contribution in [2.45, 2.75) is 6.42 Å². The summed E-state index contributed by atoms with van der Waals surface area (Å²) in [4.78, 5) is 15.6. The molecule has 0 unspecified atom stereocenters. The summed E-state index contributed by atoms with van der Waals surface area (Å²) in [7, 11) is 0. The van der Waals surface area contributed by atoms with E-state index < -0.39 is 0 Å². The van der Waals surface area contributed by atoms with Gasteiger partial charge in [-0.25, -0.2) is 0 Å². The molecule has 4 nitrogen and oxygen atoms in total. The van der Waals surface area contributed by atoms with Gasteiger partial charge in [0, 0.05) is 24.2 Å². The van der Waals surface area contributed by atoms with Crippen LogP contribution in [0.15, 0.2) is 41.1 Å². The van der Waals surface area contributed by atoms with Crippen molar-refractivity contribution < 1.29 is 9.21 Å². The van der Waals surface area contributed by atoms with Crippen LogP contribution in [-0.4, -0.2) is 17.4 Å². The monoisotopic (exact) mass is 250 g/mol. The zero-order valence-corrected chi connectivity index (χ0v) is 9.78. The molecular formula is C12H11ClN2O2. The van der Waals surface area contributed by atoms with Gasteiger partial charge in [-0.1, -0.05) is 11.6 Å². The molecule has 0 spiro atoms. The Bertz CT molecular complexity index is 497. The van der Waals surface area contributed by atoms with Gasteiger partial charge in [0.15, 0.2) is 0 Å². The molecule has 2 heterocycles. The lowest BCUT2D eigenvalue weighted by atomic mass is 10.3. The van der Waals surface area contributed by atoms with E-state index in [4.69, 9.17) is 16.0 Å². The van der Waals surface area contributed by atoms with Gasteiger partial charge < -0.3 is 9.73 Å². The molecule has 1 N–H and O–H groups in total. The number of hydrogen-bond acceptors (Lipinski definition) is 3. The summed E-state index contributed by atoms with van der Waals surface area (Å²) in [5.74, 6) is 0.600. The first-order chi connectivity index (χ1) is 8.25. The number of aromatic nitrogens is 1. The van der Waals surface area contributed by atoms with Crippen LogP contribution in [0, 0.1) is 0 Å². The zero-order valence-electron chi connectivity index (χ0n) is 9.02. The van der Waals surface area contributed by atoms with Crippen LogP contribution in [0.5, 0.6) is 0 Å². The highest BCUT2D eigenvalue weighted by Gasteiger charge is 2.06. The summed E-state index contributed by atoms with van der Waals surface area (Å²) in [5, 5.41) is 3.24. The van der Waals surface area contributed by atoms with Gasteiger partial charge in [-0.3, -0.25) is 9.78 Å². The van der Waals surface area contributed by atoms with Crippen molar-refractivity contribution in [3.63, 3.8) is 0 Å². The van der Waals surface area contributed by atoms with E-state index >= 15 is 0 Å². The SMILES string of the molecule is O=C(NCCc1ccco1)c1cc(Cl)ccn1. The van der Waals surface area contributed by atoms with Crippen molar-refractivity contribution in [2.75, 3.05) is 6.54 Å². The van der Waals surface area contributed by atoms with Crippen molar-refractivity contribution in [1.82, 2.24) is 10.3 Å². The summed E-state index contributed by atoms with van der Waals surface area (Å²) in [5.41, 5.74) is 0.317. The zero-order chi connectivity index (χ0) is 12.1. The Labute approximate surface area is 104 Å². The maximum absolute atomic E-state index is 11.7. The molecule has 1 amide bonds. The van der Waals surface area contributed by atoms with Crippen LogP contribution in [0.25, 0.3) is 0 Å². The highest BCUT2D eigenvalue weighted by Crippen LogP contribution is 2.07. The van der Waals surface area contributed by atoms with Crippen LogP contribution in [0.3, 0.4) is 0 Å². The van der Waals surface area contributed by atoms with Crippen LogP contribution < -0.4 is 5.32 Å². The molecule has 2 aromatic rings. The molecule has 0 aliphatic carbocycles. The van der Waals surface area contributed by atoms with Gasteiger partial charge in [0.2, 0.25) is 0 Å². The number of halogens is 1. The van der Waals surface area contributed by atoms with Gasteiger partial charge in [0.05, 0.1) is 6.26 Å². The normalized spacial score (nSPS) is 10.2. The number of pyridine rings is 1. The lowest BCUT2D eigenvalue weighted by Gasteiger charge is -2.03. The summed E-state index contributed by atoms with van der Waals surface area (Å²) in [6.07, 6.45) is 3.76. The fourth-order valence-electron chi connectivity index (χ4n) is 1.37. The first-order valence-corrected chi connectivity index (χ1v) is 5.55. The summed E-state index contributed by atoms with van der Waals surface area (Å²) in [6, 6.07) is 6.84. The second kappa shape index (κ2) is 5.50. The van der Waals surface area contributed by atoms with E-state index in [1.54, 1.807) is 12.3 Å². The molecule has 0 atom stereocenters. The number of amides is 1. The van der Waals surface area contributed by atoms with Crippen LogP contribution in [0.2, 0.25) is 5.02 Å². The maximum atomic E-state index is 11.7. The molecule has 2 rings (SSSR count). The Kier molecular flexibility index (Phi) is 3.77. The third kappa shape index (κ3) is 3.32. The largest absolute Gasteiger partial charge is 0.469 e. The molecule has 0 aromatic carbocycles. The molecule has 0 bridgehead atoms. The third-order valence-electron chi connectivity index (χ3n) is 2.19. The Hall–Kier alpha value is -1.81. The molecule has 17 heavy (non-hydrogen) atoms. The standard InChI is InChI=1S/C12H11ClN2O2/c13-9-3-5-14-11(8-9)12(16)15-6-4-10-2-1-7-17-10/h1-3,5,7-8H,4,6H2,(H,15,16). The number of furan rings is 1. The molecule has 0 fully saturated rings. The van der Waals surface area contributed by atoms with Gasteiger partial charge in [-0.15, -0.1) is 0 Å². The van der Waals surface area contributed by atoms with Crippen molar-refractivity contribution >= 4 is 17.5 Å². The highest BCUT2D eigenvalue weighted by molar-refractivity contribution is 6.30. The molecular weight excluding hydrogens is 240 g/mol. The van der Waals surface area contributed by atoms with E-state index in [0.29, 0.717) is 23.7 Å². The molecule has 0 radical (unpaired) electrons. The maximum Gasteiger partial charge on any atom is 0.269 e. The van der Waals surface area contributed by atoms with Gasteiger partial charge >= 0.3 is 0 Å². The number of carbonyl (C=O) groups is 1. The fourth-order valence-corrected chi connectivity index (χ4v) is 1.53. The fraction of sp³-hybridized carbons (Fsp3) is 0.167. The molecule has 88 valence electrons. The van der Waals surface area contributed by atoms with E-state index in [1.165, 1.54) is 12.3 Å². The minimum Gasteiger partial charge on any atom is -0.469 e. The van der Waals surface area contributed by atoms with Crippen molar-refractivity contribution in [2.24, 2.45) is 0 Å². The van der Waals surface area contributed by atoms with Crippen molar-refractivity contribution in [1.29, 1.82) is 0 Å². The van der Waals surface area contributed by atoms with E-state index in [9.17, 15) is 4.79 Å². The average Bonchev–Trinajstić information content (AvgIpc) is 2.82. The van der Waals surface area contributed by atoms with E-state index in [2.05, 4.69) is 10.3 Å². The highest BCUT2D eigenvalue weighted by atomic mass is 35.5. The Morgan fingerprint density at radius 3 is 3.06 bits per heavy atom. The van der Waals surface area contributed by atoms with Crippen molar-refractivity contribution in [3.05, 3.63) is 53.2 Å². The van der Waals surface area contributed by atoms with Gasteiger partial charge in [0.1, 0.15) is 11.5 Å². The predicted molar refractivity (Wildman–Crippen MR) is 64.0 cm³/mol. The van der Waals surface area contributed by atoms with E-state index in [1.807, 2.05) is 12.1 Å². The van der Waals surface area contributed by atoms with Gasteiger partial charge in [-0.2, -0.15) is 0 Å². The van der Waals surface area contributed by atoms with E-state index in [-0.39, 0.29) is 5.91 Å². The van der Waals surface area contributed by atoms with Crippen LogP contribution in [-0.2, 0) is 6.42 Å². The number of nitrogens with zero attached hydrogens (tertiary/aromatic N) is 1. The number of hydrogen-bond donors (Lipinski definition) is 1. The first kappa shape index (κ1) is 11.7. The summed E-state index contributed by atoms with van der Waals surface area (Å²) in [6.45, 7) is 0.501. The minimum atomic E-state index is -0.237. The molecule has 0 aliphatic rings. The average molecular weight is 251 g/mol. The quantitative estimate of drug-likeness (QED) is 0.906. The smallest absolute Gasteiger partial charge is 0.269 e. The third-order valence-corrected chi connectivity index (χ3v) is 2.43. The first-order valence-electron chi connectivity index (χ1n) is 5.18. The molecule has 0 saturated heterocycles. The van der Waals surface area contributed by atoms with Crippen molar-refractivity contribution in [3.8, 4) is 0 Å². The topological polar surface area (TPSA) is 55.1 Å². The molecule has 0 saturated carbocycles. The second-order valence-electron chi connectivity index (χ2n) is 3.44. The Balaban J connectivity index is 1.85. The lowest BCUT2D eigenvalue weighted by Crippen LogP contribution is -2.26. The summed E-state index contributed by atoms with van der Waals surface area (Å²) < 4.78 is 5.15. The second-order valence-corrected chi connectivity index (χ2v) is 3.88. The van der Waals surface area contributed by atoms with Gasteiger partial charge in [-0.05, 0) is 24.3 Å². The number of rotatable bonds is 4.